The van der Waals surface area contributed by atoms with E-state index in [9.17, 15) is 10.2 Å². The minimum absolute atomic E-state index is 0.391. The van der Waals surface area contributed by atoms with Crippen molar-refractivity contribution in [3.8, 4) is 0 Å². The lowest BCUT2D eigenvalue weighted by Gasteiger charge is -2.22. The van der Waals surface area contributed by atoms with Crippen LogP contribution >= 0.6 is 0 Å². The van der Waals surface area contributed by atoms with E-state index in [-0.39, 0.29) is 0 Å². The highest BCUT2D eigenvalue weighted by atomic mass is 16.3. The van der Waals surface area contributed by atoms with Gasteiger partial charge in [0, 0.05) is 18.8 Å². The summed E-state index contributed by atoms with van der Waals surface area (Å²) in [5.41, 5.74) is 7.09. The maximum Gasteiger partial charge on any atom is 0.0917 e. The summed E-state index contributed by atoms with van der Waals surface area (Å²) in [6, 6.07) is 7.22. The molecule has 0 aliphatic carbocycles. The number of aliphatic hydroxyl groups excluding tert-OH is 2. The van der Waals surface area contributed by atoms with Crippen LogP contribution < -0.4 is 5.73 Å². The molecule has 0 aromatic heterocycles. The van der Waals surface area contributed by atoms with Crippen molar-refractivity contribution in [2.75, 3.05) is 25.9 Å². The van der Waals surface area contributed by atoms with E-state index >= 15 is 0 Å². The maximum atomic E-state index is 9.95. The van der Waals surface area contributed by atoms with Gasteiger partial charge in [-0.1, -0.05) is 12.1 Å². The Morgan fingerprint density at radius 1 is 1.31 bits per heavy atom. The van der Waals surface area contributed by atoms with Gasteiger partial charge >= 0.3 is 0 Å². The first-order valence-electron chi connectivity index (χ1n) is 5.39. The zero-order valence-corrected chi connectivity index (χ0v) is 9.80. The SMILES string of the molecule is CC(O)CN(C)CC(O)c1cccc(N)c1. The highest BCUT2D eigenvalue weighted by Crippen LogP contribution is 2.16. The summed E-state index contributed by atoms with van der Waals surface area (Å²) < 4.78 is 0. The summed E-state index contributed by atoms with van der Waals surface area (Å²) in [5.74, 6) is 0. The first-order chi connectivity index (χ1) is 7.49. The Hall–Kier alpha value is -1.10. The van der Waals surface area contributed by atoms with Gasteiger partial charge in [0.05, 0.1) is 12.2 Å². The van der Waals surface area contributed by atoms with Crippen molar-refractivity contribution in [1.82, 2.24) is 4.90 Å². The molecule has 0 spiro atoms. The zero-order valence-electron chi connectivity index (χ0n) is 9.80. The van der Waals surface area contributed by atoms with Gasteiger partial charge in [0.25, 0.3) is 0 Å². The number of anilines is 1. The van der Waals surface area contributed by atoms with E-state index in [0.717, 1.165) is 5.56 Å². The predicted octanol–water partition coefficient (Wildman–Crippen LogP) is 0.615. The van der Waals surface area contributed by atoms with Gasteiger partial charge in [-0.2, -0.15) is 0 Å². The number of nitrogens with zero attached hydrogens (tertiary/aromatic N) is 1. The number of hydrogen-bond acceptors (Lipinski definition) is 4. The summed E-state index contributed by atoms with van der Waals surface area (Å²) >= 11 is 0. The van der Waals surface area contributed by atoms with E-state index in [1.807, 2.05) is 24.1 Å². The lowest BCUT2D eigenvalue weighted by Crippen LogP contribution is -2.31. The second kappa shape index (κ2) is 5.84. The molecule has 0 amide bonds. The quantitative estimate of drug-likeness (QED) is 0.641. The Kier molecular flexibility index (Phi) is 4.73. The van der Waals surface area contributed by atoms with E-state index in [2.05, 4.69) is 0 Å². The van der Waals surface area contributed by atoms with Crippen LogP contribution in [0.4, 0.5) is 5.69 Å². The monoisotopic (exact) mass is 224 g/mol. The van der Waals surface area contributed by atoms with Crippen LogP contribution in [0.1, 0.15) is 18.6 Å². The Morgan fingerprint density at radius 2 is 2.00 bits per heavy atom. The van der Waals surface area contributed by atoms with Crippen LogP contribution in [-0.2, 0) is 0 Å². The number of rotatable bonds is 5. The third kappa shape index (κ3) is 4.18. The molecule has 0 saturated heterocycles. The fourth-order valence-electron chi connectivity index (χ4n) is 1.69. The zero-order chi connectivity index (χ0) is 12.1. The smallest absolute Gasteiger partial charge is 0.0917 e. The molecule has 0 aliphatic rings. The molecular weight excluding hydrogens is 204 g/mol. The Morgan fingerprint density at radius 3 is 2.56 bits per heavy atom. The fraction of sp³-hybridized carbons (Fsp3) is 0.500. The highest BCUT2D eigenvalue weighted by molar-refractivity contribution is 5.41. The van der Waals surface area contributed by atoms with E-state index in [4.69, 9.17) is 5.73 Å². The molecule has 4 N–H and O–H groups in total. The van der Waals surface area contributed by atoms with Crippen molar-refractivity contribution in [2.24, 2.45) is 0 Å². The van der Waals surface area contributed by atoms with Crippen molar-refractivity contribution >= 4 is 5.69 Å². The van der Waals surface area contributed by atoms with Crippen LogP contribution in [0.25, 0.3) is 0 Å². The second-order valence-corrected chi connectivity index (χ2v) is 4.26. The van der Waals surface area contributed by atoms with Crippen molar-refractivity contribution in [2.45, 2.75) is 19.1 Å². The number of nitrogens with two attached hydrogens (primary N) is 1. The summed E-state index contributed by atoms with van der Waals surface area (Å²) in [6.45, 7) is 2.75. The van der Waals surface area contributed by atoms with E-state index < -0.39 is 12.2 Å². The summed E-state index contributed by atoms with van der Waals surface area (Å²) in [7, 11) is 1.86. The molecule has 90 valence electrons. The average Bonchev–Trinajstić information content (AvgIpc) is 2.16. The topological polar surface area (TPSA) is 69.7 Å². The first kappa shape index (κ1) is 13.0. The normalized spacial score (nSPS) is 15.1. The van der Waals surface area contributed by atoms with Gasteiger partial charge in [-0.05, 0) is 31.7 Å². The lowest BCUT2D eigenvalue weighted by molar-refractivity contribution is 0.0907. The number of nitrogen functional groups attached to an aromatic ring is 1. The van der Waals surface area contributed by atoms with Crippen LogP contribution in [0, 0.1) is 0 Å². The third-order valence-electron chi connectivity index (χ3n) is 2.36. The maximum absolute atomic E-state index is 9.95. The molecule has 2 unspecified atom stereocenters. The molecule has 4 nitrogen and oxygen atoms in total. The number of likely N-dealkylation sites (N-methyl/N-ethyl adjacent to an activating group) is 1. The highest BCUT2D eigenvalue weighted by Gasteiger charge is 2.11. The van der Waals surface area contributed by atoms with Crippen LogP contribution in [0.2, 0.25) is 0 Å². The van der Waals surface area contributed by atoms with Crippen molar-refractivity contribution in [3.63, 3.8) is 0 Å². The Labute approximate surface area is 96.3 Å². The molecule has 2 atom stereocenters. The minimum Gasteiger partial charge on any atom is -0.399 e. The summed E-state index contributed by atoms with van der Waals surface area (Å²) in [5, 5.41) is 19.2. The number of hydrogen-bond donors (Lipinski definition) is 3. The standard InChI is InChI=1S/C12H20N2O2/c1-9(15)7-14(2)8-12(16)10-4-3-5-11(13)6-10/h3-6,9,12,15-16H,7-8,13H2,1-2H3. The van der Waals surface area contributed by atoms with Gasteiger partial charge in [0.1, 0.15) is 0 Å². The Balaban J connectivity index is 2.55. The van der Waals surface area contributed by atoms with E-state index in [1.165, 1.54) is 0 Å². The molecule has 1 rings (SSSR count). The lowest BCUT2D eigenvalue weighted by atomic mass is 10.1. The van der Waals surface area contributed by atoms with Crippen molar-refractivity contribution in [1.29, 1.82) is 0 Å². The van der Waals surface area contributed by atoms with Crippen molar-refractivity contribution < 1.29 is 10.2 Å². The average molecular weight is 224 g/mol. The van der Waals surface area contributed by atoms with Crippen LogP contribution in [0.3, 0.4) is 0 Å². The summed E-state index contributed by atoms with van der Waals surface area (Å²) in [4.78, 5) is 1.89. The van der Waals surface area contributed by atoms with Crippen molar-refractivity contribution in [3.05, 3.63) is 29.8 Å². The Bertz CT molecular complexity index is 329. The molecule has 0 saturated carbocycles. The molecule has 4 heteroatoms. The molecule has 0 fully saturated rings. The van der Waals surface area contributed by atoms with Crippen LogP contribution in [0.5, 0.6) is 0 Å². The van der Waals surface area contributed by atoms with Crippen LogP contribution in [0.15, 0.2) is 24.3 Å². The third-order valence-corrected chi connectivity index (χ3v) is 2.36. The van der Waals surface area contributed by atoms with E-state index in [0.29, 0.717) is 18.8 Å². The minimum atomic E-state index is -0.577. The molecule has 0 heterocycles. The largest absolute Gasteiger partial charge is 0.399 e. The van der Waals surface area contributed by atoms with Gasteiger partial charge < -0.3 is 20.8 Å². The predicted molar refractivity (Wildman–Crippen MR) is 65.0 cm³/mol. The van der Waals surface area contributed by atoms with Crippen LogP contribution in [-0.4, -0.2) is 41.4 Å². The fourth-order valence-corrected chi connectivity index (χ4v) is 1.69. The van der Waals surface area contributed by atoms with E-state index in [1.54, 1.807) is 19.1 Å². The molecule has 0 radical (unpaired) electrons. The molecule has 16 heavy (non-hydrogen) atoms. The number of benzene rings is 1. The molecule has 0 bridgehead atoms. The molecule has 0 aliphatic heterocycles. The molecule has 1 aromatic carbocycles. The van der Waals surface area contributed by atoms with Gasteiger partial charge in [-0.3, -0.25) is 0 Å². The van der Waals surface area contributed by atoms with Gasteiger partial charge in [-0.15, -0.1) is 0 Å². The number of aliphatic hydroxyl groups is 2. The van der Waals surface area contributed by atoms with Gasteiger partial charge in [0.2, 0.25) is 0 Å². The van der Waals surface area contributed by atoms with Gasteiger partial charge in [0.15, 0.2) is 0 Å². The van der Waals surface area contributed by atoms with Gasteiger partial charge in [-0.25, -0.2) is 0 Å². The molecular formula is C12H20N2O2. The molecule has 1 aromatic rings. The summed E-state index contributed by atoms with van der Waals surface area (Å²) in [6.07, 6.45) is -0.967. The second-order valence-electron chi connectivity index (χ2n) is 4.26. The first-order valence-corrected chi connectivity index (χ1v) is 5.39.